The highest BCUT2D eigenvalue weighted by molar-refractivity contribution is 9.10. The number of aromatic nitrogens is 1. The number of rotatable bonds is 5. The van der Waals surface area contributed by atoms with Crippen molar-refractivity contribution in [2.24, 2.45) is 0 Å². The Bertz CT molecular complexity index is 733. The van der Waals surface area contributed by atoms with E-state index in [2.05, 4.69) is 68.9 Å². The molecule has 1 atom stereocenters. The lowest BCUT2D eigenvalue weighted by Gasteiger charge is -2.20. The molecule has 0 bridgehead atoms. The molecule has 0 saturated heterocycles. The van der Waals surface area contributed by atoms with E-state index in [1.54, 1.807) is 11.3 Å². The first kappa shape index (κ1) is 14.7. The molecule has 1 aromatic carbocycles. The van der Waals surface area contributed by atoms with Crippen LogP contribution in [0.15, 0.2) is 52.4 Å². The van der Waals surface area contributed by atoms with Crippen LogP contribution in [0.25, 0.3) is 10.9 Å². The van der Waals surface area contributed by atoms with Crippen LogP contribution in [0, 0.1) is 0 Å². The maximum atomic E-state index is 4.47. The zero-order valence-electron chi connectivity index (χ0n) is 11.8. The number of nitrogens with one attached hydrogen (secondary N) is 1. The molecule has 2 aromatic heterocycles. The summed E-state index contributed by atoms with van der Waals surface area (Å²) in [5, 5.41) is 7.02. The summed E-state index contributed by atoms with van der Waals surface area (Å²) in [6, 6.07) is 12.8. The average Bonchev–Trinajstić information content (AvgIpc) is 2.94. The van der Waals surface area contributed by atoms with Crippen molar-refractivity contribution in [2.75, 3.05) is 6.54 Å². The Hall–Kier alpha value is -1.23. The minimum atomic E-state index is 0.201. The van der Waals surface area contributed by atoms with Crippen LogP contribution in [0.5, 0.6) is 0 Å². The van der Waals surface area contributed by atoms with Crippen molar-refractivity contribution in [1.29, 1.82) is 0 Å². The molecule has 0 aliphatic heterocycles. The molecule has 2 heterocycles. The highest BCUT2D eigenvalue weighted by Gasteiger charge is 2.19. The molecule has 0 spiro atoms. The monoisotopic (exact) mass is 360 g/mol. The summed E-state index contributed by atoms with van der Waals surface area (Å²) in [5.41, 5.74) is 2.34. The van der Waals surface area contributed by atoms with Crippen LogP contribution in [-0.2, 0) is 0 Å². The van der Waals surface area contributed by atoms with Gasteiger partial charge in [-0.2, -0.15) is 0 Å². The fourth-order valence-corrected chi connectivity index (χ4v) is 4.21. The summed E-state index contributed by atoms with van der Waals surface area (Å²) in [5.74, 6) is 0. The Morgan fingerprint density at radius 1 is 1.24 bits per heavy atom. The predicted molar refractivity (Wildman–Crippen MR) is 93.9 cm³/mol. The van der Waals surface area contributed by atoms with Crippen molar-refractivity contribution in [2.45, 2.75) is 19.4 Å². The first-order valence-corrected chi connectivity index (χ1v) is 8.78. The third-order valence-electron chi connectivity index (χ3n) is 3.50. The molecule has 0 saturated carbocycles. The van der Waals surface area contributed by atoms with Gasteiger partial charge in [0.25, 0.3) is 0 Å². The Labute approximate surface area is 137 Å². The lowest BCUT2D eigenvalue weighted by Crippen LogP contribution is -2.23. The molecule has 4 heteroatoms. The molecule has 1 N–H and O–H groups in total. The number of nitrogens with zero attached hydrogens (tertiary/aromatic N) is 1. The zero-order valence-corrected chi connectivity index (χ0v) is 14.2. The second kappa shape index (κ2) is 6.69. The summed E-state index contributed by atoms with van der Waals surface area (Å²) in [7, 11) is 0. The van der Waals surface area contributed by atoms with Gasteiger partial charge in [-0.15, -0.1) is 11.3 Å². The van der Waals surface area contributed by atoms with Crippen molar-refractivity contribution in [3.05, 3.63) is 62.9 Å². The van der Waals surface area contributed by atoms with Gasteiger partial charge in [0, 0.05) is 20.9 Å². The van der Waals surface area contributed by atoms with Gasteiger partial charge in [0.1, 0.15) is 0 Å². The third-order valence-corrected chi connectivity index (χ3v) is 5.43. The van der Waals surface area contributed by atoms with E-state index >= 15 is 0 Å². The van der Waals surface area contributed by atoms with Gasteiger partial charge in [-0.25, -0.2) is 0 Å². The van der Waals surface area contributed by atoms with E-state index in [0.29, 0.717) is 0 Å². The second-order valence-corrected chi connectivity index (χ2v) is 6.74. The van der Waals surface area contributed by atoms with Gasteiger partial charge in [-0.3, -0.25) is 4.98 Å². The molecule has 0 aliphatic carbocycles. The van der Waals surface area contributed by atoms with E-state index in [4.69, 9.17) is 0 Å². The van der Waals surface area contributed by atoms with E-state index in [1.807, 2.05) is 12.3 Å². The Kier molecular flexibility index (Phi) is 4.68. The van der Waals surface area contributed by atoms with Gasteiger partial charge < -0.3 is 5.32 Å². The topological polar surface area (TPSA) is 24.9 Å². The van der Waals surface area contributed by atoms with Gasteiger partial charge in [-0.1, -0.05) is 25.1 Å². The van der Waals surface area contributed by atoms with Gasteiger partial charge in [-0.05, 0) is 58.0 Å². The minimum absolute atomic E-state index is 0.201. The number of para-hydroxylation sites is 1. The quantitative estimate of drug-likeness (QED) is 0.680. The van der Waals surface area contributed by atoms with Crippen LogP contribution >= 0.6 is 27.3 Å². The summed E-state index contributed by atoms with van der Waals surface area (Å²) in [6.45, 7) is 3.18. The highest BCUT2D eigenvalue weighted by atomic mass is 79.9. The smallest absolute Gasteiger partial charge is 0.0705 e. The fraction of sp³-hybridized carbons (Fsp3) is 0.235. The van der Waals surface area contributed by atoms with E-state index in [0.717, 1.165) is 18.5 Å². The summed E-state index contributed by atoms with van der Waals surface area (Å²) in [6.07, 6.45) is 3.02. The molecule has 0 aliphatic rings. The molecule has 0 radical (unpaired) electrons. The van der Waals surface area contributed by atoms with Crippen LogP contribution in [0.2, 0.25) is 0 Å². The normalized spacial score (nSPS) is 12.7. The lowest BCUT2D eigenvalue weighted by atomic mass is 10.0. The molecule has 3 rings (SSSR count). The molecule has 0 fully saturated rings. The number of pyridine rings is 1. The Morgan fingerprint density at radius 3 is 2.86 bits per heavy atom. The van der Waals surface area contributed by atoms with Crippen LogP contribution < -0.4 is 5.32 Å². The molecule has 1 unspecified atom stereocenters. The number of hydrogen-bond acceptors (Lipinski definition) is 3. The second-order valence-electron chi connectivity index (χ2n) is 4.94. The summed E-state index contributed by atoms with van der Waals surface area (Å²) >= 11 is 5.46. The van der Waals surface area contributed by atoms with Crippen LogP contribution in [0.1, 0.15) is 29.8 Å². The van der Waals surface area contributed by atoms with Gasteiger partial charge in [0.15, 0.2) is 0 Å². The van der Waals surface area contributed by atoms with Crippen molar-refractivity contribution < 1.29 is 0 Å². The molecule has 0 amide bonds. The van der Waals surface area contributed by atoms with Crippen LogP contribution in [0.3, 0.4) is 0 Å². The van der Waals surface area contributed by atoms with E-state index in [1.165, 1.54) is 20.3 Å². The van der Waals surface area contributed by atoms with Crippen molar-refractivity contribution >= 4 is 38.2 Å². The first-order valence-electron chi connectivity index (χ1n) is 7.11. The standard InChI is InChI=1S/C17H17BrN2S/c1-2-9-20-16(17-14(18)8-11-21-17)13-7-10-19-15-6-4-3-5-12(13)15/h3-8,10-11,16,20H,2,9H2,1H3. The van der Waals surface area contributed by atoms with Crippen molar-refractivity contribution in [3.8, 4) is 0 Å². The Morgan fingerprint density at radius 2 is 2.10 bits per heavy atom. The first-order chi connectivity index (χ1) is 10.3. The summed E-state index contributed by atoms with van der Waals surface area (Å²) in [4.78, 5) is 5.79. The van der Waals surface area contributed by atoms with E-state index < -0.39 is 0 Å². The minimum Gasteiger partial charge on any atom is -0.306 e. The lowest BCUT2D eigenvalue weighted by molar-refractivity contribution is 0.607. The number of hydrogen-bond donors (Lipinski definition) is 1. The Balaban J connectivity index is 2.12. The molecular weight excluding hydrogens is 344 g/mol. The molecule has 108 valence electrons. The molecule has 2 nitrogen and oxygen atoms in total. The number of thiophene rings is 1. The largest absolute Gasteiger partial charge is 0.306 e. The average molecular weight is 361 g/mol. The third kappa shape index (κ3) is 3.03. The van der Waals surface area contributed by atoms with Crippen molar-refractivity contribution in [1.82, 2.24) is 10.3 Å². The van der Waals surface area contributed by atoms with Gasteiger partial charge >= 0.3 is 0 Å². The SMILES string of the molecule is CCCNC(c1sccc1Br)c1ccnc2ccccc12. The molecule has 3 aromatic rings. The van der Waals surface area contributed by atoms with Crippen LogP contribution in [-0.4, -0.2) is 11.5 Å². The summed E-state index contributed by atoms with van der Waals surface area (Å²) < 4.78 is 1.17. The maximum absolute atomic E-state index is 4.47. The maximum Gasteiger partial charge on any atom is 0.0705 e. The number of fused-ring (bicyclic) bond motifs is 1. The van der Waals surface area contributed by atoms with E-state index in [-0.39, 0.29) is 6.04 Å². The van der Waals surface area contributed by atoms with Gasteiger partial charge in [0.05, 0.1) is 11.6 Å². The molecule has 21 heavy (non-hydrogen) atoms. The van der Waals surface area contributed by atoms with Crippen LogP contribution in [0.4, 0.5) is 0 Å². The fourth-order valence-electron chi connectivity index (χ4n) is 2.51. The zero-order chi connectivity index (χ0) is 14.7. The highest BCUT2D eigenvalue weighted by Crippen LogP contribution is 2.35. The molecular formula is C17H17BrN2S. The van der Waals surface area contributed by atoms with E-state index in [9.17, 15) is 0 Å². The number of halogens is 1. The number of benzene rings is 1. The van der Waals surface area contributed by atoms with Crippen molar-refractivity contribution in [3.63, 3.8) is 0 Å². The predicted octanol–water partition coefficient (Wildman–Crippen LogP) is 5.15. The van der Waals surface area contributed by atoms with Gasteiger partial charge in [0.2, 0.25) is 0 Å².